The number of hydrogen-bond donors (Lipinski definition) is 2. The molecule has 0 aromatic heterocycles. The number of aliphatic hydroxyl groups excluding tert-OH is 1. The van der Waals surface area contributed by atoms with E-state index >= 15 is 0 Å². The van der Waals surface area contributed by atoms with Crippen LogP contribution in [0.2, 0.25) is 0 Å². The molecule has 1 heterocycles. The van der Waals surface area contributed by atoms with Crippen LogP contribution in [-0.2, 0) is 16.1 Å². The molecule has 0 aliphatic carbocycles. The molecule has 1 aromatic rings. The number of benzene rings is 1. The summed E-state index contributed by atoms with van der Waals surface area (Å²) >= 11 is 0. The zero-order valence-corrected chi connectivity index (χ0v) is 10.4. The third-order valence-electron chi connectivity index (χ3n) is 2.89. The van der Waals surface area contributed by atoms with Gasteiger partial charge in [0.25, 0.3) is 5.91 Å². The molecule has 1 aliphatic rings. The van der Waals surface area contributed by atoms with Gasteiger partial charge in [0.1, 0.15) is 0 Å². The van der Waals surface area contributed by atoms with Crippen molar-refractivity contribution in [2.45, 2.75) is 26.4 Å². The largest absolute Gasteiger partial charge is 0.488 e. The van der Waals surface area contributed by atoms with Crippen molar-refractivity contribution >= 4 is 11.6 Å². The van der Waals surface area contributed by atoms with Crippen LogP contribution in [-0.4, -0.2) is 17.6 Å². The van der Waals surface area contributed by atoms with E-state index in [1.165, 1.54) is 0 Å². The van der Waals surface area contributed by atoms with Crippen LogP contribution in [0.4, 0.5) is 5.69 Å². The predicted molar refractivity (Wildman–Crippen MR) is 69.0 cm³/mol. The summed E-state index contributed by atoms with van der Waals surface area (Å²) in [5.41, 5.74) is 2.44. The van der Waals surface area contributed by atoms with Gasteiger partial charge in [-0.25, -0.2) is 0 Å². The summed E-state index contributed by atoms with van der Waals surface area (Å²) in [4.78, 5) is 12.0. The number of rotatable bonds is 3. The summed E-state index contributed by atoms with van der Waals surface area (Å²) in [6.07, 6.45) is 3.64. The van der Waals surface area contributed by atoms with E-state index in [9.17, 15) is 4.79 Å². The Kier molecular flexibility index (Phi) is 3.99. The second-order valence-corrected chi connectivity index (χ2v) is 4.32. The number of carbonyl (C=O) groups is 1. The number of hydrogen-bond acceptors (Lipinski definition) is 3. The number of nitrogens with one attached hydrogen (secondary N) is 1. The molecule has 18 heavy (non-hydrogen) atoms. The summed E-state index contributed by atoms with van der Waals surface area (Å²) in [6.45, 7) is 2.46. The molecule has 2 rings (SSSR count). The lowest BCUT2D eigenvalue weighted by molar-refractivity contribution is -0.116. The van der Waals surface area contributed by atoms with Gasteiger partial charge in [-0.1, -0.05) is 12.1 Å². The highest BCUT2D eigenvalue weighted by molar-refractivity contribution is 6.02. The maximum absolute atomic E-state index is 12.0. The average molecular weight is 247 g/mol. The van der Waals surface area contributed by atoms with Gasteiger partial charge in [0.2, 0.25) is 0 Å². The molecule has 1 amide bonds. The van der Waals surface area contributed by atoms with Crippen LogP contribution in [0.5, 0.6) is 0 Å². The Bertz CT molecular complexity index is 480. The third-order valence-corrected chi connectivity index (χ3v) is 2.89. The van der Waals surface area contributed by atoms with E-state index in [-0.39, 0.29) is 12.5 Å². The molecule has 2 N–H and O–H groups in total. The smallest absolute Gasteiger partial charge is 0.290 e. The van der Waals surface area contributed by atoms with Gasteiger partial charge in [-0.2, -0.15) is 0 Å². The molecule has 0 atom stereocenters. The molecule has 0 fully saturated rings. The van der Waals surface area contributed by atoms with Crippen LogP contribution in [0.3, 0.4) is 0 Å². The first kappa shape index (κ1) is 12.6. The van der Waals surface area contributed by atoms with Crippen molar-refractivity contribution in [3.63, 3.8) is 0 Å². The van der Waals surface area contributed by atoms with Crippen molar-refractivity contribution in [3.8, 4) is 0 Å². The van der Waals surface area contributed by atoms with Crippen molar-refractivity contribution in [3.05, 3.63) is 41.2 Å². The molecule has 0 saturated carbocycles. The first-order chi connectivity index (χ1) is 8.70. The summed E-state index contributed by atoms with van der Waals surface area (Å²) in [5, 5.41) is 11.9. The van der Waals surface area contributed by atoms with Gasteiger partial charge in [0.05, 0.1) is 13.2 Å². The molecule has 0 saturated heterocycles. The van der Waals surface area contributed by atoms with Gasteiger partial charge >= 0.3 is 0 Å². The molecule has 4 nitrogen and oxygen atoms in total. The number of ether oxygens (including phenoxy) is 1. The Hall–Kier alpha value is -1.81. The van der Waals surface area contributed by atoms with Crippen LogP contribution >= 0.6 is 0 Å². The highest BCUT2D eigenvalue weighted by atomic mass is 16.5. The second-order valence-electron chi connectivity index (χ2n) is 4.32. The Morgan fingerprint density at radius 2 is 2.33 bits per heavy atom. The number of amides is 1. The Morgan fingerprint density at radius 1 is 1.50 bits per heavy atom. The summed E-state index contributed by atoms with van der Waals surface area (Å²) < 4.78 is 5.31. The number of aliphatic hydroxyl groups is 1. The minimum atomic E-state index is -0.229. The van der Waals surface area contributed by atoms with E-state index in [0.717, 1.165) is 24.0 Å². The van der Waals surface area contributed by atoms with Gasteiger partial charge in [-0.3, -0.25) is 4.79 Å². The van der Waals surface area contributed by atoms with E-state index in [0.29, 0.717) is 18.1 Å². The van der Waals surface area contributed by atoms with E-state index < -0.39 is 0 Å². The predicted octanol–water partition coefficient (Wildman–Crippen LogP) is 2.12. The summed E-state index contributed by atoms with van der Waals surface area (Å²) in [6, 6.07) is 5.48. The fourth-order valence-corrected chi connectivity index (χ4v) is 1.80. The lowest BCUT2D eigenvalue weighted by atomic mass is 10.1. The van der Waals surface area contributed by atoms with Crippen LogP contribution in [0.25, 0.3) is 0 Å². The number of allylic oxidation sites excluding steroid dienone is 1. The summed E-state index contributed by atoms with van der Waals surface area (Å²) in [7, 11) is 0. The molecular formula is C14H17NO3. The van der Waals surface area contributed by atoms with Gasteiger partial charge in [0, 0.05) is 5.69 Å². The van der Waals surface area contributed by atoms with E-state index in [4.69, 9.17) is 9.84 Å². The summed E-state index contributed by atoms with van der Waals surface area (Å²) in [5.74, 6) is 0.156. The molecule has 96 valence electrons. The molecule has 0 bridgehead atoms. The van der Waals surface area contributed by atoms with Crippen molar-refractivity contribution in [2.75, 3.05) is 11.9 Å². The first-order valence-electron chi connectivity index (χ1n) is 6.05. The topological polar surface area (TPSA) is 58.6 Å². The van der Waals surface area contributed by atoms with Crippen LogP contribution < -0.4 is 5.32 Å². The zero-order chi connectivity index (χ0) is 13.0. The van der Waals surface area contributed by atoms with Crippen molar-refractivity contribution in [1.29, 1.82) is 0 Å². The molecule has 4 heteroatoms. The number of anilines is 1. The van der Waals surface area contributed by atoms with Gasteiger partial charge in [-0.15, -0.1) is 0 Å². The minimum absolute atomic E-state index is 0.0393. The molecule has 1 aromatic carbocycles. The highest BCUT2D eigenvalue weighted by Gasteiger charge is 2.14. The molecule has 0 spiro atoms. The normalized spacial score (nSPS) is 14.7. The number of carbonyl (C=O) groups excluding carboxylic acids is 1. The van der Waals surface area contributed by atoms with Gasteiger partial charge in [-0.05, 0) is 43.0 Å². The van der Waals surface area contributed by atoms with E-state index in [1.807, 2.05) is 25.1 Å². The van der Waals surface area contributed by atoms with Crippen molar-refractivity contribution in [2.24, 2.45) is 0 Å². The average Bonchev–Trinajstić information content (AvgIpc) is 2.42. The Morgan fingerprint density at radius 3 is 3.00 bits per heavy atom. The van der Waals surface area contributed by atoms with Crippen LogP contribution in [0, 0.1) is 6.92 Å². The quantitative estimate of drug-likeness (QED) is 0.860. The maximum atomic E-state index is 12.0. The van der Waals surface area contributed by atoms with Crippen molar-refractivity contribution < 1.29 is 14.6 Å². The molecule has 0 radical (unpaired) electrons. The maximum Gasteiger partial charge on any atom is 0.290 e. The van der Waals surface area contributed by atoms with Crippen molar-refractivity contribution in [1.82, 2.24) is 0 Å². The zero-order valence-electron chi connectivity index (χ0n) is 10.4. The monoisotopic (exact) mass is 247 g/mol. The lowest BCUT2D eigenvalue weighted by Crippen LogP contribution is -2.19. The molecule has 0 unspecified atom stereocenters. The van der Waals surface area contributed by atoms with Gasteiger partial charge < -0.3 is 15.2 Å². The Balaban J connectivity index is 2.13. The minimum Gasteiger partial charge on any atom is -0.488 e. The second kappa shape index (κ2) is 5.69. The highest BCUT2D eigenvalue weighted by Crippen LogP contribution is 2.19. The SMILES string of the molecule is Cc1ccc(CO)cc1NC(=O)C1=CCCCO1. The third kappa shape index (κ3) is 2.90. The van der Waals surface area contributed by atoms with Crippen LogP contribution in [0.15, 0.2) is 30.0 Å². The molecule has 1 aliphatic heterocycles. The standard InChI is InChI=1S/C14H17NO3/c1-10-5-6-11(9-16)8-12(10)15-14(17)13-4-2-3-7-18-13/h4-6,8,16H,2-3,7,9H2,1H3,(H,15,17). The van der Waals surface area contributed by atoms with E-state index in [1.54, 1.807) is 6.07 Å². The fourth-order valence-electron chi connectivity index (χ4n) is 1.80. The molecular weight excluding hydrogens is 230 g/mol. The van der Waals surface area contributed by atoms with E-state index in [2.05, 4.69) is 5.32 Å². The number of aryl methyl sites for hydroxylation is 1. The Labute approximate surface area is 106 Å². The van der Waals surface area contributed by atoms with Gasteiger partial charge in [0.15, 0.2) is 5.76 Å². The van der Waals surface area contributed by atoms with Crippen LogP contribution in [0.1, 0.15) is 24.0 Å². The fraction of sp³-hybridized carbons (Fsp3) is 0.357. The first-order valence-corrected chi connectivity index (χ1v) is 6.05. The lowest BCUT2D eigenvalue weighted by Gasteiger charge is -2.15.